The zero-order chi connectivity index (χ0) is 11.5. The smallest absolute Gasteiger partial charge is 0.133 e. The van der Waals surface area contributed by atoms with Crippen LogP contribution in [-0.2, 0) is 0 Å². The molecule has 1 aromatic rings. The Morgan fingerprint density at radius 1 is 1.33 bits per heavy atom. The summed E-state index contributed by atoms with van der Waals surface area (Å²) in [7, 11) is 1.79. The molecule has 0 unspecified atom stereocenters. The molecular weight excluding hydrogens is 190 g/mol. The quantitative estimate of drug-likeness (QED) is 0.783. The van der Waals surface area contributed by atoms with Gasteiger partial charge in [0, 0.05) is 13.1 Å². The molecule has 0 aliphatic heterocycles. The number of nitriles is 1. The SMILES string of the molecule is CNc1cc(NC(C)(C)C#N)nc(C)n1. The molecule has 1 heterocycles. The van der Waals surface area contributed by atoms with Crippen LogP contribution in [0.1, 0.15) is 19.7 Å². The fraction of sp³-hybridized carbons (Fsp3) is 0.500. The summed E-state index contributed by atoms with van der Waals surface area (Å²) in [4.78, 5) is 8.36. The monoisotopic (exact) mass is 205 g/mol. The molecule has 1 rings (SSSR count). The molecule has 0 amide bonds. The second kappa shape index (κ2) is 4.13. The lowest BCUT2D eigenvalue weighted by molar-refractivity contribution is 0.722. The Morgan fingerprint density at radius 2 is 1.93 bits per heavy atom. The molecule has 0 saturated heterocycles. The summed E-state index contributed by atoms with van der Waals surface area (Å²) in [5, 5.41) is 14.8. The maximum Gasteiger partial charge on any atom is 0.133 e. The van der Waals surface area contributed by atoms with Gasteiger partial charge in [-0.05, 0) is 20.8 Å². The summed E-state index contributed by atoms with van der Waals surface area (Å²) >= 11 is 0. The van der Waals surface area contributed by atoms with Crippen molar-refractivity contribution in [3.63, 3.8) is 0 Å². The van der Waals surface area contributed by atoms with E-state index in [1.54, 1.807) is 27.0 Å². The van der Waals surface area contributed by atoms with Crippen molar-refractivity contribution in [2.75, 3.05) is 17.7 Å². The Morgan fingerprint density at radius 3 is 2.47 bits per heavy atom. The first-order valence-electron chi connectivity index (χ1n) is 4.70. The first kappa shape index (κ1) is 11.2. The third-order valence-electron chi connectivity index (χ3n) is 1.81. The molecule has 80 valence electrons. The first-order valence-corrected chi connectivity index (χ1v) is 4.70. The summed E-state index contributed by atoms with van der Waals surface area (Å²) in [6.45, 7) is 5.40. The van der Waals surface area contributed by atoms with E-state index in [-0.39, 0.29) is 0 Å². The van der Waals surface area contributed by atoms with E-state index < -0.39 is 5.54 Å². The molecule has 5 nitrogen and oxygen atoms in total. The largest absolute Gasteiger partial charge is 0.373 e. The third-order valence-corrected chi connectivity index (χ3v) is 1.81. The topological polar surface area (TPSA) is 73.6 Å². The van der Waals surface area contributed by atoms with E-state index in [0.717, 1.165) is 5.82 Å². The van der Waals surface area contributed by atoms with Gasteiger partial charge in [0.1, 0.15) is 23.0 Å². The average Bonchev–Trinajstić information content (AvgIpc) is 2.16. The number of aromatic nitrogens is 2. The van der Waals surface area contributed by atoms with Crippen molar-refractivity contribution >= 4 is 11.6 Å². The second-order valence-corrected chi connectivity index (χ2v) is 3.80. The Labute approximate surface area is 89.6 Å². The average molecular weight is 205 g/mol. The van der Waals surface area contributed by atoms with Crippen LogP contribution in [0.4, 0.5) is 11.6 Å². The highest BCUT2D eigenvalue weighted by Crippen LogP contribution is 2.15. The van der Waals surface area contributed by atoms with Gasteiger partial charge in [0.25, 0.3) is 0 Å². The van der Waals surface area contributed by atoms with Gasteiger partial charge in [-0.2, -0.15) is 5.26 Å². The van der Waals surface area contributed by atoms with E-state index in [1.165, 1.54) is 0 Å². The van der Waals surface area contributed by atoms with E-state index in [4.69, 9.17) is 5.26 Å². The van der Waals surface area contributed by atoms with Gasteiger partial charge in [-0.3, -0.25) is 0 Å². The maximum atomic E-state index is 8.88. The molecule has 0 aliphatic rings. The van der Waals surface area contributed by atoms with Crippen molar-refractivity contribution in [3.05, 3.63) is 11.9 Å². The zero-order valence-corrected chi connectivity index (χ0v) is 9.42. The maximum absolute atomic E-state index is 8.88. The minimum Gasteiger partial charge on any atom is -0.373 e. The minimum absolute atomic E-state index is 0.633. The van der Waals surface area contributed by atoms with Gasteiger partial charge in [0.2, 0.25) is 0 Å². The van der Waals surface area contributed by atoms with Gasteiger partial charge in [0.05, 0.1) is 6.07 Å². The molecule has 5 heteroatoms. The van der Waals surface area contributed by atoms with Crippen LogP contribution in [0.15, 0.2) is 6.07 Å². The van der Waals surface area contributed by atoms with Crippen LogP contribution in [0.3, 0.4) is 0 Å². The number of hydrogen-bond donors (Lipinski definition) is 2. The van der Waals surface area contributed by atoms with Crippen LogP contribution in [-0.4, -0.2) is 22.6 Å². The highest BCUT2D eigenvalue weighted by atomic mass is 15.1. The van der Waals surface area contributed by atoms with Crippen LogP contribution in [0.2, 0.25) is 0 Å². The van der Waals surface area contributed by atoms with E-state index in [0.29, 0.717) is 11.6 Å². The summed E-state index contributed by atoms with van der Waals surface area (Å²) in [5.74, 6) is 2.05. The molecule has 0 spiro atoms. The molecule has 0 atom stereocenters. The van der Waals surface area contributed by atoms with E-state index >= 15 is 0 Å². The molecule has 0 saturated carbocycles. The zero-order valence-electron chi connectivity index (χ0n) is 9.42. The number of rotatable bonds is 3. The van der Waals surface area contributed by atoms with Crippen molar-refractivity contribution in [1.82, 2.24) is 9.97 Å². The molecule has 0 aromatic carbocycles. The molecule has 0 bridgehead atoms. The third kappa shape index (κ3) is 3.09. The summed E-state index contributed by atoms with van der Waals surface area (Å²) in [6, 6.07) is 3.92. The number of hydrogen-bond acceptors (Lipinski definition) is 5. The number of anilines is 2. The molecule has 15 heavy (non-hydrogen) atoms. The van der Waals surface area contributed by atoms with Crippen molar-refractivity contribution in [2.24, 2.45) is 0 Å². The van der Waals surface area contributed by atoms with Crippen molar-refractivity contribution in [1.29, 1.82) is 5.26 Å². The van der Waals surface area contributed by atoms with E-state index in [9.17, 15) is 0 Å². The van der Waals surface area contributed by atoms with Gasteiger partial charge in [0.15, 0.2) is 0 Å². The predicted octanol–water partition coefficient (Wildman–Crippen LogP) is 1.54. The van der Waals surface area contributed by atoms with Crippen LogP contribution in [0.5, 0.6) is 0 Å². The first-order chi connectivity index (χ1) is 6.96. The number of aryl methyl sites for hydroxylation is 1. The van der Waals surface area contributed by atoms with Gasteiger partial charge in [-0.25, -0.2) is 9.97 Å². The van der Waals surface area contributed by atoms with Crippen LogP contribution in [0.25, 0.3) is 0 Å². The fourth-order valence-corrected chi connectivity index (χ4v) is 1.11. The van der Waals surface area contributed by atoms with Crippen LogP contribution >= 0.6 is 0 Å². The Bertz CT molecular complexity index is 391. The molecular formula is C10H15N5. The van der Waals surface area contributed by atoms with Gasteiger partial charge < -0.3 is 10.6 Å². The van der Waals surface area contributed by atoms with E-state index in [2.05, 4.69) is 26.7 Å². The minimum atomic E-state index is -0.633. The molecule has 1 aromatic heterocycles. The molecule has 0 aliphatic carbocycles. The van der Waals surface area contributed by atoms with Crippen molar-refractivity contribution in [3.8, 4) is 6.07 Å². The lowest BCUT2D eigenvalue weighted by atomic mass is 10.1. The van der Waals surface area contributed by atoms with Crippen LogP contribution in [0, 0.1) is 18.3 Å². The summed E-state index contributed by atoms with van der Waals surface area (Å²) in [6.07, 6.45) is 0. The molecule has 2 N–H and O–H groups in total. The number of nitrogens with zero attached hydrogens (tertiary/aromatic N) is 3. The summed E-state index contributed by atoms with van der Waals surface area (Å²) in [5.41, 5.74) is -0.633. The molecule has 0 radical (unpaired) electrons. The highest BCUT2D eigenvalue weighted by Gasteiger charge is 2.16. The fourth-order valence-electron chi connectivity index (χ4n) is 1.11. The van der Waals surface area contributed by atoms with Gasteiger partial charge in [-0.1, -0.05) is 0 Å². The van der Waals surface area contributed by atoms with E-state index in [1.807, 2.05) is 6.92 Å². The predicted molar refractivity (Wildman–Crippen MR) is 59.6 cm³/mol. The second-order valence-electron chi connectivity index (χ2n) is 3.80. The summed E-state index contributed by atoms with van der Waals surface area (Å²) < 4.78 is 0. The molecule has 0 fully saturated rings. The lowest BCUT2D eigenvalue weighted by Crippen LogP contribution is -2.29. The van der Waals surface area contributed by atoms with Crippen molar-refractivity contribution < 1.29 is 0 Å². The highest BCUT2D eigenvalue weighted by molar-refractivity contribution is 5.49. The van der Waals surface area contributed by atoms with Gasteiger partial charge in [-0.15, -0.1) is 0 Å². The van der Waals surface area contributed by atoms with Gasteiger partial charge >= 0.3 is 0 Å². The Kier molecular flexibility index (Phi) is 3.10. The van der Waals surface area contributed by atoms with Crippen LogP contribution < -0.4 is 10.6 Å². The Hall–Kier alpha value is -1.83. The Balaban J connectivity index is 2.96. The number of nitrogens with one attached hydrogen (secondary N) is 2. The normalized spacial score (nSPS) is 10.6. The van der Waals surface area contributed by atoms with Crippen molar-refractivity contribution in [2.45, 2.75) is 26.3 Å². The lowest BCUT2D eigenvalue weighted by Gasteiger charge is -2.18. The standard InChI is InChI=1S/C10H15N5/c1-7-13-8(12-4)5-9(14-7)15-10(2,3)6-11/h5H,1-4H3,(H2,12,13,14,15).